The fourth-order valence-corrected chi connectivity index (χ4v) is 8.12. The Kier molecular flexibility index (Phi) is 7.68. The number of likely N-dealkylation sites (tertiary alicyclic amines) is 1. The lowest BCUT2D eigenvalue weighted by atomic mass is 9.73. The average Bonchev–Trinajstić information content (AvgIpc) is 3.31. The molecule has 3 amide bonds. The molecule has 1 aromatic rings. The van der Waals surface area contributed by atoms with E-state index in [1.165, 1.54) is 11.3 Å². The SMILES string of the molecule is CCOc1ccc(N2CC=C[C@@]3(CC)O[C@]45C=CCN(C6CCCCC6)C(=O)C4N([C@H](C)CO)C(=O)[C@@H]5[C@H]3C2=O)cc1. The van der Waals surface area contributed by atoms with E-state index in [9.17, 15) is 19.5 Å². The molecule has 1 unspecified atom stereocenters. The van der Waals surface area contributed by atoms with Gasteiger partial charge in [-0.2, -0.15) is 0 Å². The van der Waals surface area contributed by atoms with Gasteiger partial charge in [-0.05, 0) is 57.4 Å². The molecule has 42 heavy (non-hydrogen) atoms. The van der Waals surface area contributed by atoms with Crippen molar-refractivity contribution in [3.05, 3.63) is 48.6 Å². The predicted octanol–water partition coefficient (Wildman–Crippen LogP) is 3.46. The number of anilines is 1. The maximum absolute atomic E-state index is 14.6. The molecule has 9 nitrogen and oxygen atoms in total. The van der Waals surface area contributed by atoms with E-state index in [0.29, 0.717) is 31.8 Å². The number of nitrogens with zero attached hydrogens (tertiary/aromatic N) is 3. The molecule has 1 saturated carbocycles. The van der Waals surface area contributed by atoms with Crippen molar-refractivity contribution < 1.29 is 29.0 Å². The Morgan fingerprint density at radius 3 is 2.33 bits per heavy atom. The van der Waals surface area contributed by atoms with Crippen LogP contribution in [0.2, 0.25) is 0 Å². The van der Waals surface area contributed by atoms with Crippen molar-refractivity contribution in [2.45, 2.75) is 88.6 Å². The number of aliphatic hydroxyl groups is 1. The average molecular weight is 578 g/mol. The van der Waals surface area contributed by atoms with Crippen molar-refractivity contribution >= 4 is 23.4 Å². The monoisotopic (exact) mass is 577 g/mol. The molecule has 4 aliphatic heterocycles. The van der Waals surface area contributed by atoms with E-state index in [4.69, 9.17) is 9.47 Å². The number of hydrogen-bond donors (Lipinski definition) is 1. The van der Waals surface area contributed by atoms with Gasteiger partial charge >= 0.3 is 0 Å². The molecule has 6 atom stereocenters. The quantitative estimate of drug-likeness (QED) is 0.499. The van der Waals surface area contributed by atoms with Gasteiger partial charge in [-0.3, -0.25) is 14.4 Å². The van der Waals surface area contributed by atoms with E-state index in [0.717, 1.165) is 31.4 Å². The third kappa shape index (κ3) is 4.30. The number of benzene rings is 1. The standard InChI is InChI=1S/C33H43N3O6/c1-4-32-17-9-19-34(24-13-15-25(16-14-24)41-5-2)29(38)26(32)27-30(39)36(22(3)21-37)28-31(40)35(23-11-7-6-8-12-23)20-10-18-33(27,28)42-32/h9-10,13-18,22-23,26-28,37H,4-8,11-12,19-21H2,1-3H3/t22-,26+,27+,28?,32-,33+/m1/s1. The van der Waals surface area contributed by atoms with Gasteiger partial charge in [-0.1, -0.05) is 50.5 Å². The molecule has 0 aromatic heterocycles. The summed E-state index contributed by atoms with van der Waals surface area (Å²) < 4.78 is 12.7. The maximum Gasteiger partial charge on any atom is 0.249 e. The topological polar surface area (TPSA) is 99.6 Å². The Morgan fingerprint density at radius 1 is 0.952 bits per heavy atom. The molecule has 0 radical (unpaired) electrons. The minimum atomic E-state index is -1.32. The van der Waals surface area contributed by atoms with Crippen LogP contribution < -0.4 is 9.64 Å². The lowest BCUT2D eigenvalue weighted by Gasteiger charge is -2.42. The first-order chi connectivity index (χ1) is 20.3. The lowest BCUT2D eigenvalue weighted by molar-refractivity contribution is -0.156. The summed E-state index contributed by atoms with van der Waals surface area (Å²) >= 11 is 0. The van der Waals surface area contributed by atoms with E-state index in [-0.39, 0.29) is 30.4 Å². The molecule has 1 aromatic carbocycles. The van der Waals surface area contributed by atoms with Crippen LogP contribution in [-0.2, 0) is 19.1 Å². The summed E-state index contributed by atoms with van der Waals surface area (Å²) in [6, 6.07) is 5.95. The van der Waals surface area contributed by atoms with E-state index >= 15 is 0 Å². The molecule has 2 saturated heterocycles. The maximum atomic E-state index is 14.6. The van der Waals surface area contributed by atoms with Crippen LogP contribution in [0, 0.1) is 11.8 Å². The minimum absolute atomic E-state index is 0.107. The van der Waals surface area contributed by atoms with E-state index in [1.54, 1.807) is 11.8 Å². The van der Waals surface area contributed by atoms with Crippen LogP contribution in [0.5, 0.6) is 5.75 Å². The van der Waals surface area contributed by atoms with Crippen molar-refractivity contribution in [3.8, 4) is 5.75 Å². The van der Waals surface area contributed by atoms with Crippen LogP contribution in [0.3, 0.4) is 0 Å². The zero-order chi connectivity index (χ0) is 29.6. The molecule has 3 fully saturated rings. The number of rotatable bonds is 7. The van der Waals surface area contributed by atoms with Gasteiger partial charge in [-0.15, -0.1) is 0 Å². The van der Waals surface area contributed by atoms with Crippen molar-refractivity contribution in [3.63, 3.8) is 0 Å². The van der Waals surface area contributed by atoms with Crippen LogP contribution in [0.25, 0.3) is 0 Å². The third-order valence-corrected chi connectivity index (χ3v) is 10.1. The van der Waals surface area contributed by atoms with Gasteiger partial charge in [0.15, 0.2) is 0 Å². The zero-order valence-electron chi connectivity index (χ0n) is 24.9. The molecule has 4 heterocycles. The first-order valence-corrected chi connectivity index (χ1v) is 15.6. The highest BCUT2D eigenvalue weighted by molar-refractivity contribution is 6.04. The second kappa shape index (κ2) is 11.2. The van der Waals surface area contributed by atoms with Crippen molar-refractivity contribution in [1.29, 1.82) is 0 Å². The van der Waals surface area contributed by atoms with Crippen molar-refractivity contribution in [2.24, 2.45) is 11.8 Å². The number of ether oxygens (including phenoxy) is 2. The highest BCUT2D eigenvalue weighted by Gasteiger charge is 2.75. The number of fused-ring (bicyclic) bond motifs is 2. The van der Waals surface area contributed by atoms with Crippen molar-refractivity contribution in [1.82, 2.24) is 9.80 Å². The number of hydrogen-bond acceptors (Lipinski definition) is 6. The largest absolute Gasteiger partial charge is 0.494 e. The summed E-state index contributed by atoms with van der Waals surface area (Å²) in [5.41, 5.74) is -1.65. The van der Waals surface area contributed by atoms with Crippen LogP contribution in [-0.4, -0.2) is 88.3 Å². The smallest absolute Gasteiger partial charge is 0.249 e. The van der Waals surface area contributed by atoms with Gasteiger partial charge in [0.2, 0.25) is 17.7 Å². The van der Waals surface area contributed by atoms with Gasteiger partial charge in [0.05, 0.1) is 36.7 Å². The van der Waals surface area contributed by atoms with Gasteiger partial charge in [0.1, 0.15) is 17.4 Å². The third-order valence-electron chi connectivity index (χ3n) is 10.1. The van der Waals surface area contributed by atoms with E-state index in [2.05, 4.69) is 0 Å². The highest BCUT2D eigenvalue weighted by Crippen LogP contribution is 2.59. The second-order valence-electron chi connectivity index (χ2n) is 12.4. The van der Waals surface area contributed by atoms with Crippen LogP contribution >= 0.6 is 0 Å². The molecule has 0 bridgehead atoms. The second-order valence-corrected chi connectivity index (χ2v) is 12.4. The number of carbonyl (C=O) groups is 3. The zero-order valence-corrected chi connectivity index (χ0v) is 24.9. The number of aliphatic hydroxyl groups excluding tert-OH is 1. The first kappa shape index (κ1) is 28.9. The molecular weight excluding hydrogens is 534 g/mol. The molecule has 1 N–H and O–H groups in total. The molecule has 6 rings (SSSR count). The summed E-state index contributed by atoms with van der Waals surface area (Å²) in [6.45, 7) is 6.69. The summed E-state index contributed by atoms with van der Waals surface area (Å²) in [5.74, 6) is -1.67. The van der Waals surface area contributed by atoms with Crippen LogP contribution in [0.1, 0.15) is 59.3 Å². The molecular formula is C33H43N3O6. The lowest BCUT2D eigenvalue weighted by Crippen LogP contribution is -2.59. The molecule has 9 heteroatoms. The first-order valence-electron chi connectivity index (χ1n) is 15.6. The van der Waals surface area contributed by atoms with Crippen molar-refractivity contribution in [2.75, 3.05) is 31.2 Å². The Hall–Kier alpha value is -3.17. The van der Waals surface area contributed by atoms with Gasteiger partial charge in [0.25, 0.3) is 0 Å². The molecule has 5 aliphatic rings. The fraction of sp³-hybridized carbons (Fsp3) is 0.606. The highest BCUT2D eigenvalue weighted by atomic mass is 16.5. The normalized spacial score (nSPS) is 33.8. The fourth-order valence-electron chi connectivity index (χ4n) is 8.12. The molecule has 226 valence electrons. The van der Waals surface area contributed by atoms with E-state index < -0.39 is 35.1 Å². The van der Waals surface area contributed by atoms with Gasteiger partial charge in [-0.25, -0.2) is 0 Å². The Balaban J connectivity index is 1.44. The number of amides is 3. The minimum Gasteiger partial charge on any atom is -0.494 e. The Bertz CT molecular complexity index is 1270. The molecule has 1 aliphatic carbocycles. The Labute approximate surface area is 248 Å². The Morgan fingerprint density at radius 2 is 1.67 bits per heavy atom. The number of carbonyl (C=O) groups excluding carboxylic acids is 3. The predicted molar refractivity (Wildman–Crippen MR) is 158 cm³/mol. The van der Waals surface area contributed by atoms with Crippen LogP contribution in [0.15, 0.2) is 48.6 Å². The summed E-state index contributed by atoms with van der Waals surface area (Å²) in [5, 5.41) is 10.2. The summed E-state index contributed by atoms with van der Waals surface area (Å²) in [7, 11) is 0. The summed E-state index contributed by atoms with van der Waals surface area (Å²) in [6.07, 6.45) is 13.4. The molecule has 1 spiro atoms. The van der Waals surface area contributed by atoms with E-state index in [1.807, 2.05) is 67.3 Å². The van der Waals surface area contributed by atoms with Gasteiger partial charge < -0.3 is 29.3 Å². The van der Waals surface area contributed by atoms with Gasteiger partial charge in [0, 0.05) is 24.8 Å². The summed E-state index contributed by atoms with van der Waals surface area (Å²) in [4.78, 5) is 48.9. The van der Waals surface area contributed by atoms with Crippen LogP contribution in [0.4, 0.5) is 5.69 Å².